The fraction of sp³-hybridized carbons (Fsp3) is 0.333. The van der Waals surface area contributed by atoms with Gasteiger partial charge in [-0.25, -0.2) is 4.39 Å². The van der Waals surface area contributed by atoms with Gasteiger partial charge in [0.05, 0.1) is 6.61 Å². The lowest BCUT2D eigenvalue weighted by atomic mass is 9.99. The molecule has 2 nitrogen and oxygen atoms in total. The summed E-state index contributed by atoms with van der Waals surface area (Å²) < 4.78 is 19.7. The Kier molecular flexibility index (Phi) is 3.93. The third-order valence-corrected chi connectivity index (χ3v) is 3.75. The van der Waals surface area contributed by atoms with E-state index in [1.165, 1.54) is 0 Å². The third-order valence-electron chi connectivity index (χ3n) is 3.75. The molecule has 1 heterocycles. The number of fused-ring (bicyclic) bond motifs is 1. The first kappa shape index (κ1) is 14.1. The predicted octanol–water partition coefficient (Wildman–Crippen LogP) is 3.93. The summed E-state index contributed by atoms with van der Waals surface area (Å²) in [5, 5.41) is 3.36. The van der Waals surface area contributed by atoms with Crippen molar-refractivity contribution in [3.63, 3.8) is 0 Å². The summed E-state index contributed by atoms with van der Waals surface area (Å²) in [5.74, 6) is 0.749. The van der Waals surface area contributed by atoms with Crippen molar-refractivity contribution < 1.29 is 9.13 Å². The second-order valence-electron chi connectivity index (χ2n) is 5.77. The van der Waals surface area contributed by atoms with Crippen molar-refractivity contribution in [2.45, 2.75) is 32.9 Å². The van der Waals surface area contributed by atoms with Crippen LogP contribution in [0.1, 0.15) is 25.0 Å². The van der Waals surface area contributed by atoms with Crippen LogP contribution in [-0.2, 0) is 13.0 Å². The number of rotatable bonds is 4. The van der Waals surface area contributed by atoms with Gasteiger partial charge in [-0.1, -0.05) is 26.0 Å². The van der Waals surface area contributed by atoms with Gasteiger partial charge in [0.25, 0.3) is 0 Å². The fourth-order valence-electron chi connectivity index (χ4n) is 2.58. The van der Waals surface area contributed by atoms with E-state index in [4.69, 9.17) is 4.74 Å². The van der Waals surface area contributed by atoms with Crippen molar-refractivity contribution in [3.05, 3.63) is 53.3 Å². The maximum absolute atomic E-state index is 14.2. The molecule has 3 rings (SSSR count). The van der Waals surface area contributed by atoms with Crippen molar-refractivity contribution >= 4 is 0 Å². The zero-order chi connectivity index (χ0) is 14.8. The van der Waals surface area contributed by atoms with Crippen LogP contribution in [-0.4, -0.2) is 12.6 Å². The molecule has 1 aliphatic heterocycles. The molecule has 2 aromatic rings. The summed E-state index contributed by atoms with van der Waals surface area (Å²) >= 11 is 0. The number of benzene rings is 2. The van der Waals surface area contributed by atoms with Gasteiger partial charge in [0.15, 0.2) is 0 Å². The molecule has 21 heavy (non-hydrogen) atoms. The summed E-state index contributed by atoms with van der Waals surface area (Å²) in [5.41, 5.74) is 3.84. The van der Waals surface area contributed by atoms with Gasteiger partial charge in [-0.05, 0) is 41.0 Å². The lowest BCUT2D eigenvalue weighted by molar-refractivity contribution is 0.357. The molecule has 0 bridgehead atoms. The Morgan fingerprint density at radius 3 is 2.86 bits per heavy atom. The van der Waals surface area contributed by atoms with Gasteiger partial charge in [-0.15, -0.1) is 0 Å². The van der Waals surface area contributed by atoms with Gasteiger partial charge in [-0.2, -0.15) is 0 Å². The van der Waals surface area contributed by atoms with Crippen molar-refractivity contribution in [3.8, 4) is 16.9 Å². The molecule has 3 heteroatoms. The van der Waals surface area contributed by atoms with Crippen LogP contribution in [0.3, 0.4) is 0 Å². The Labute approximate surface area is 125 Å². The molecule has 1 N–H and O–H groups in total. The molecule has 0 spiro atoms. The van der Waals surface area contributed by atoms with Crippen molar-refractivity contribution in [2.24, 2.45) is 0 Å². The maximum atomic E-state index is 14.2. The highest BCUT2D eigenvalue weighted by molar-refractivity contribution is 5.67. The van der Waals surface area contributed by atoms with E-state index in [9.17, 15) is 4.39 Å². The van der Waals surface area contributed by atoms with E-state index in [0.29, 0.717) is 11.6 Å². The number of hydrogen-bond acceptors (Lipinski definition) is 2. The number of ether oxygens (including phenoxy) is 1. The second kappa shape index (κ2) is 5.86. The molecule has 0 amide bonds. The molecule has 0 saturated heterocycles. The molecule has 0 atom stereocenters. The standard InChI is InChI=1S/C18H20FNO/c1-12(2)20-11-13-3-5-17(19)16(9-13)14-4-6-18-15(10-14)7-8-21-18/h3-6,9-10,12,20H,7-8,11H2,1-2H3. The van der Waals surface area contributed by atoms with Crippen LogP contribution in [0.25, 0.3) is 11.1 Å². The first-order chi connectivity index (χ1) is 10.1. The summed E-state index contributed by atoms with van der Waals surface area (Å²) in [6, 6.07) is 11.7. The molecular formula is C18H20FNO. The smallest absolute Gasteiger partial charge is 0.131 e. The molecule has 0 fully saturated rings. The predicted molar refractivity (Wildman–Crippen MR) is 83.0 cm³/mol. The van der Waals surface area contributed by atoms with E-state index in [-0.39, 0.29) is 5.82 Å². The average Bonchev–Trinajstić information content (AvgIpc) is 2.93. The van der Waals surface area contributed by atoms with Gasteiger partial charge in [0.2, 0.25) is 0 Å². The van der Waals surface area contributed by atoms with Gasteiger partial charge in [-0.3, -0.25) is 0 Å². The number of hydrogen-bond donors (Lipinski definition) is 1. The normalized spacial score (nSPS) is 13.3. The van der Waals surface area contributed by atoms with E-state index in [2.05, 4.69) is 19.2 Å². The Bertz CT molecular complexity index is 652. The number of nitrogens with one attached hydrogen (secondary N) is 1. The van der Waals surface area contributed by atoms with E-state index < -0.39 is 0 Å². The monoisotopic (exact) mass is 285 g/mol. The van der Waals surface area contributed by atoms with E-state index in [0.717, 1.165) is 42.0 Å². The van der Waals surface area contributed by atoms with Crippen LogP contribution in [0.4, 0.5) is 4.39 Å². The molecular weight excluding hydrogens is 265 g/mol. The first-order valence-corrected chi connectivity index (χ1v) is 7.41. The second-order valence-corrected chi connectivity index (χ2v) is 5.77. The van der Waals surface area contributed by atoms with E-state index in [1.54, 1.807) is 6.07 Å². The summed E-state index contributed by atoms with van der Waals surface area (Å²) in [6.07, 6.45) is 0.902. The lowest BCUT2D eigenvalue weighted by Crippen LogP contribution is -2.21. The first-order valence-electron chi connectivity index (χ1n) is 7.41. The Balaban J connectivity index is 1.92. The van der Waals surface area contributed by atoms with Crippen LogP contribution in [0.5, 0.6) is 5.75 Å². The molecule has 0 saturated carbocycles. The summed E-state index contributed by atoms with van der Waals surface area (Å²) in [4.78, 5) is 0. The van der Waals surface area contributed by atoms with Crippen molar-refractivity contribution in [1.82, 2.24) is 5.32 Å². The molecule has 2 aromatic carbocycles. The van der Waals surface area contributed by atoms with Crippen LogP contribution in [0.2, 0.25) is 0 Å². The topological polar surface area (TPSA) is 21.3 Å². The average molecular weight is 285 g/mol. The minimum atomic E-state index is -0.179. The van der Waals surface area contributed by atoms with Crippen LogP contribution < -0.4 is 10.1 Å². The van der Waals surface area contributed by atoms with Gasteiger partial charge < -0.3 is 10.1 Å². The highest BCUT2D eigenvalue weighted by Crippen LogP contribution is 2.32. The highest BCUT2D eigenvalue weighted by Gasteiger charge is 2.14. The number of halogens is 1. The Morgan fingerprint density at radius 2 is 2.05 bits per heavy atom. The van der Waals surface area contributed by atoms with E-state index >= 15 is 0 Å². The quantitative estimate of drug-likeness (QED) is 0.919. The molecule has 110 valence electrons. The summed E-state index contributed by atoms with van der Waals surface area (Å²) in [6.45, 7) is 5.68. The van der Waals surface area contributed by atoms with Crippen molar-refractivity contribution in [1.29, 1.82) is 0 Å². The minimum Gasteiger partial charge on any atom is -0.493 e. The van der Waals surface area contributed by atoms with Crippen LogP contribution in [0.15, 0.2) is 36.4 Å². The zero-order valence-corrected chi connectivity index (χ0v) is 12.4. The fourth-order valence-corrected chi connectivity index (χ4v) is 2.58. The Hall–Kier alpha value is -1.87. The lowest BCUT2D eigenvalue weighted by Gasteiger charge is -2.11. The molecule has 0 radical (unpaired) electrons. The van der Waals surface area contributed by atoms with Crippen LogP contribution in [0, 0.1) is 5.82 Å². The van der Waals surface area contributed by atoms with E-state index in [1.807, 2.05) is 30.3 Å². The maximum Gasteiger partial charge on any atom is 0.131 e. The largest absolute Gasteiger partial charge is 0.493 e. The SMILES string of the molecule is CC(C)NCc1ccc(F)c(-c2ccc3c(c2)CCO3)c1. The molecule has 0 aromatic heterocycles. The minimum absolute atomic E-state index is 0.179. The van der Waals surface area contributed by atoms with Crippen LogP contribution >= 0.6 is 0 Å². The highest BCUT2D eigenvalue weighted by atomic mass is 19.1. The third kappa shape index (κ3) is 3.08. The van der Waals surface area contributed by atoms with Gasteiger partial charge >= 0.3 is 0 Å². The van der Waals surface area contributed by atoms with Gasteiger partial charge in [0, 0.05) is 24.6 Å². The summed E-state index contributed by atoms with van der Waals surface area (Å²) in [7, 11) is 0. The molecule has 0 aliphatic carbocycles. The zero-order valence-electron chi connectivity index (χ0n) is 12.4. The Morgan fingerprint density at radius 1 is 1.19 bits per heavy atom. The molecule has 1 aliphatic rings. The van der Waals surface area contributed by atoms with Gasteiger partial charge in [0.1, 0.15) is 11.6 Å². The molecule has 0 unspecified atom stereocenters. The van der Waals surface area contributed by atoms with Crippen molar-refractivity contribution in [2.75, 3.05) is 6.61 Å².